The van der Waals surface area contributed by atoms with Crippen LogP contribution in [-0.4, -0.2) is 39.4 Å². The monoisotopic (exact) mass is 192 g/mol. The van der Waals surface area contributed by atoms with Crippen molar-refractivity contribution in [1.29, 1.82) is 0 Å². The molecule has 0 aromatic heterocycles. The van der Waals surface area contributed by atoms with Crippen molar-refractivity contribution < 1.29 is 17.9 Å². The maximum absolute atomic E-state index is 11.2. The summed E-state index contributed by atoms with van der Waals surface area (Å²) in [6.45, 7) is 0.953. The minimum Gasteiger partial charge on any atom is -0.381 e. The van der Waals surface area contributed by atoms with Gasteiger partial charge in [-0.3, -0.25) is 4.79 Å². The lowest BCUT2D eigenvalue weighted by molar-refractivity contribution is -0.120. The van der Waals surface area contributed by atoms with Gasteiger partial charge in [-0.15, -0.1) is 0 Å². The van der Waals surface area contributed by atoms with Crippen LogP contribution >= 0.6 is 0 Å². The molecule has 70 valence electrons. The van der Waals surface area contributed by atoms with Crippen LogP contribution in [0, 0.1) is 5.92 Å². The Morgan fingerprint density at radius 2 is 2.25 bits per heavy atom. The summed E-state index contributed by atoms with van der Waals surface area (Å²) in [4.78, 5) is 11.2. The molecule has 1 aliphatic heterocycles. The predicted molar refractivity (Wildman–Crippen MR) is 43.6 cm³/mol. The van der Waals surface area contributed by atoms with Crippen molar-refractivity contribution >= 4 is 15.6 Å². The summed E-state index contributed by atoms with van der Waals surface area (Å²) in [5, 5.41) is 0. The van der Waals surface area contributed by atoms with Crippen LogP contribution in [0.1, 0.15) is 6.42 Å². The highest BCUT2D eigenvalue weighted by Gasteiger charge is 2.25. The van der Waals surface area contributed by atoms with Crippen molar-refractivity contribution in [3.63, 3.8) is 0 Å². The van der Waals surface area contributed by atoms with E-state index < -0.39 is 9.84 Å². The molecule has 0 spiro atoms. The molecule has 1 heterocycles. The van der Waals surface area contributed by atoms with Gasteiger partial charge in [-0.2, -0.15) is 0 Å². The molecular weight excluding hydrogens is 180 g/mol. The topological polar surface area (TPSA) is 60.4 Å². The third-order valence-electron chi connectivity index (χ3n) is 1.79. The van der Waals surface area contributed by atoms with Crippen molar-refractivity contribution in [2.75, 3.05) is 25.2 Å². The summed E-state index contributed by atoms with van der Waals surface area (Å²) >= 11 is 0. The van der Waals surface area contributed by atoms with Crippen LogP contribution in [0.5, 0.6) is 0 Å². The Kier molecular flexibility index (Phi) is 2.85. The SMILES string of the molecule is CS(=O)(=O)CC(=O)C1CCOC1. The number of carbonyl (C=O) groups excluding carboxylic acids is 1. The van der Waals surface area contributed by atoms with Gasteiger partial charge in [0.05, 0.1) is 6.61 Å². The fourth-order valence-electron chi connectivity index (χ4n) is 1.16. The molecule has 1 rings (SSSR count). The second kappa shape index (κ2) is 3.53. The number of carbonyl (C=O) groups is 1. The average molecular weight is 192 g/mol. The van der Waals surface area contributed by atoms with Gasteiger partial charge in [0.1, 0.15) is 5.75 Å². The van der Waals surface area contributed by atoms with Gasteiger partial charge in [-0.1, -0.05) is 0 Å². The Morgan fingerprint density at radius 3 is 2.67 bits per heavy atom. The van der Waals surface area contributed by atoms with Crippen LogP contribution < -0.4 is 0 Å². The fourth-order valence-corrected chi connectivity index (χ4v) is 1.92. The van der Waals surface area contributed by atoms with E-state index in [-0.39, 0.29) is 17.5 Å². The Bertz CT molecular complexity index is 261. The van der Waals surface area contributed by atoms with Crippen molar-refractivity contribution in [2.24, 2.45) is 5.92 Å². The molecule has 4 nitrogen and oxygen atoms in total. The first kappa shape index (κ1) is 9.67. The lowest BCUT2D eigenvalue weighted by Crippen LogP contribution is -2.23. The normalized spacial score (nSPS) is 24.2. The second-order valence-corrected chi connectivity index (χ2v) is 5.24. The molecule has 1 fully saturated rings. The summed E-state index contributed by atoms with van der Waals surface area (Å²) in [5.74, 6) is -0.754. The molecule has 0 bridgehead atoms. The Balaban J connectivity index is 2.48. The van der Waals surface area contributed by atoms with E-state index in [0.29, 0.717) is 19.6 Å². The maximum Gasteiger partial charge on any atom is 0.154 e. The molecule has 1 atom stereocenters. The summed E-state index contributed by atoms with van der Waals surface area (Å²) in [5.41, 5.74) is 0. The number of rotatable bonds is 3. The summed E-state index contributed by atoms with van der Waals surface area (Å²) in [6.07, 6.45) is 1.73. The lowest BCUT2D eigenvalue weighted by Gasteiger charge is -2.03. The van der Waals surface area contributed by atoms with Crippen molar-refractivity contribution in [2.45, 2.75) is 6.42 Å². The van der Waals surface area contributed by atoms with E-state index in [9.17, 15) is 13.2 Å². The molecule has 1 unspecified atom stereocenters. The summed E-state index contributed by atoms with van der Waals surface area (Å²) in [7, 11) is -3.17. The molecule has 1 aliphatic rings. The Labute approximate surface area is 71.8 Å². The third kappa shape index (κ3) is 2.91. The van der Waals surface area contributed by atoms with E-state index in [2.05, 4.69) is 0 Å². The lowest BCUT2D eigenvalue weighted by atomic mass is 10.1. The van der Waals surface area contributed by atoms with Crippen LogP contribution in [0.4, 0.5) is 0 Å². The smallest absolute Gasteiger partial charge is 0.154 e. The van der Waals surface area contributed by atoms with E-state index in [4.69, 9.17) is 4.74 Å². The zero-order valence-electron chi connectivity index (χ0n) is 6.95. The first-order chi connectivity index (χ1) is 5.49. The molecule has 0 N–H and O–H groups in total. The third-order valence-corrected chi connectivity index (χ3v) is 2.60. The van der Waals surface area contributed by atoms with Crippen molar-refractivity contribution in [1.82, 2.24) is 0 Å². The second-order valence-electron chi connectivity index (χ2n) is 3.10. The zero-order valence-corrected chi connectivity index (χ0v) is 7.76. The molecule has 5 heteroatoms. The first-order valence-corrected chi connectivity index (χ1v) is 5.83. The average Bonchev–Trinajstić information content (AvgIpc) is 2.32. The van der Waals surface area contributed by atoms with Gasteiger partial charge < -0.3 is 4.74 Å². The van der Waals surface area contributed by atoms with Crippen LogP contribution in [-0.2, 0) is 19.4 Å². The van der Waals surface area contributed by atoms with Gasteiger partial charge in [0.15, 0.2) is 15.6 Å². The van der Waals surface area contributed by atoms with Crippen LogP contribution in [0.3, 0.4) is 0 Å². The molecule has 0 aromatic rings. The molecule has 0 aromatic carbocycles. The standard InChI is InChI=1S/C7H12O4S/c1-12(9,10)5-7(8)6-2-3-11-4-6/h6H,2-5H2,1H3. The number of ketones is 1. The van der Waals surface area contributed by atoms with E-state index in [0.717, 1.165) is 6.26 Å². The minimum atomic E-state index is -3.17. The predicted octanol–water partition coefficient (Wildman–Crippen LogP) is -0.363. The highest BCUT2D eigenvalue weighted by atomic mass is 32.2. The van der Waals surface area contributed by atoms with Gasteiger partial charge in [0.2, 0.25) is 0 Å². The highest BCUT2D eigenvalue weighted by molar-refractivity contribution is 7.91. The Morgan fingerprint density at radius 1 is 1.58 bits per heavy atom. The molecule has 0 aliphatic carbocycles. The fraction of sp³-hybridized carbons (Fsp3) is 0.857. The van der Waals surface area contributed by atoms with Gasteiger partial charge in [-0.25, -0.2) is 8.42 Å². The number of Topliss-reactive ketones (excluding diaryl/α,β-unsaturated/α-hetero) is 1. The number of sulfone groups is 1. The van der Waals surface area contributed by atoms with Crippen molar-refractivity contribution in [3.05, 3.63) is 0 Å². The van der Waals surface area contributed by atoms with E-state index in [1.165, 1.54) is 0 Å². The molecule has 1 saturated heterocycles. The van der Waals surface area contributed by atoms with Crippen molar-refractivity contribution in [3.8, 4) is 0 Å². The summed E-state index contributed by atoms with van der Waals surface area (Å²) < 4.78 is 26.5. The van der Waals surface area contributed by atoms with E-state index >= 15 is 0 Å². The first-order valence-electron chi connectivity index (χ1n) is 3.77. The number of ether oxygens (including phenoxy) is 1. The Hall–Kier alpha value is -0.420. The van der Waals surface area contributed by atoms with Crippen LogP contribution in [0.15, 0.2) is 0 Å². The van der Waals surface area contributed by atoms with Crippen LogP contribution in [0.2, 0.25) is 0 Å². The van der Waals surface area contributed by atoms with Gasteiger partial charge in [-0.05, 0) is 6.42 Å². The largest absolute Gasteiger partial charge is 0.381 e. The van der Waals surface area contributed by atoms with Gasteiger partial charge in [0.25, 0.3) is 0 Å². The van der Waals surface area contributed by atoms with Gasteiger partial charge in [0, 0.05) is 18.8 Å². The van der Waals surface area contributed by atoms with Crippen LogP contribution in [0.25, 0.3) is 0 Å². The van der Waals surface area contributed by atoms with E-state index in [1.54, 1.807) is 0 Å². The minimum absolute atomic E-state index is 0.195. The molecule has 0 amide bonds. The maximum atomic E-state index is 11.2. The zero-order chi connectivity index (χ0) is 9.19. The molecule has 12 heavy (non-hydrogen) atoms. The van der Waals surface area contributed by atoms with E-state index in [1.807, 2.05) is 0 Å². The molecule has 0 saturated carbocycles. The number of hydrogen-bond donors (Lipinski definition) is 0. The highest BCUT2D eigenvalue weighted by Crippen LogP contribution is 2.13. The number of hydrogen-bond acceptors (Lipinski definition) is 4. The molecular formula is C7H12O4S. The molecule has 0 radical (unpaired) electrons. The van der Waals surface area contributed by atoms with Gasteiger partial charge >= 0.3 is 0 Å². The summed E-state index contributed by atoms with van der Waals surface area (Å²) in [6, 6.07) is 0. The quantitative estimate of drug-likeness (QED) is 0.612.